The van der Waals surface area contributed by atoms with Crippen LogP contribution >= 0.6 is 11.8 Å². The number of rotatable bonds is 7. The first-order valence-electron chi connectivity index (χ1n) is 9.47. The first kappa shape index (κ1) is 21.9. The van der Waals surface area contributed by atoms with Crippen LogP contribution < -0.4 is 10.0 Å². The fourth-order valence-corrected chi connectivity index (χ4v) is 4.28. The summed E-state index contributed by atoms with van der Waals surface area (Å²) in [6.45, 7) is 4.23. The molecule has 0 aliphatic rings. The van der Waals surface area contributed by atoms with Gasteiger partial charge in [-0.15, -0.1) is 11.8 Å². The molecule has 0 saturated carbocycles. The highest BCUT2D eigenvalue weighted by atomic mass is 32.2. The van der Waals surface area contributed by atoms with Crippen LogP contribution in [0.5, 0.6) is 0 Å². The van der Waals surface area contributed by atoms with E-state index in [1.165, 1.54) is 5.56 Å². The monoisotopic (exact) mass is 440 g/mol. The van der Waals surface area contributed by atoms with Crippen LogP contribution in [0.15, 0.2) is 82.6 Å². The smallest absolute Gasteiger partial charge is 0.261 e. The Morgan fingerprint density at radius 2 is 1.40 bits per heavy atom. The van der Waals surface area contributed by atoms with E-state index in [1.807, 2.05) is 30.5 Å². The summed E-state index contributed by atoms with van der Waals surface area (Å²) in [5.41, 5.74) is 2.74. The molecule has 3 rings (SSSR count). The molecule has 0 aliphatic heterocycles. The SMILES string of the molecule is CSc1ccc(S(=O)(=O)Nc2ccc(C(=O)Nc3ccc(C(C)C)cc3)cc2)cc1. The Balaban J connectivity index is 1.67. The lowest BCUT2D eigenvalue weighted by atomic mass is 10.0. The van der Waals surface area contributed by atoms with E-state index in [0.717, 1.165) is 4.90 Å². The molecule has 0 radical (unpaired) electrons. The van der Waals surface area contributed by atoms with Crippen LogP contribution in [0.2, 0.25) is 0 Å². The van der Waals surface area contributed by atoms with Crippen molar-refractivity contribution >= 4 is 39.1 Å². The Bertz CT molecular complexity index is 1110. The van der Waals surface area contributed by atoms with Crippen LogP contribution in [0.25, 0.3) is 0 Å². The average Bonchev–Trinajstić information content (AvgIpc) is 2.74. The number of hydrogen-bond acceptors (Lipinski definition) is 4. The number of nitrogens with one attached hydrogen (secondary N) is 2. The molecule has 0 atom stereocenters. The van der Waals surface area contributed by atoms with Crippen LogP contribution in [0, 0.1) is 0 Å². The quantitative estimate of drug-likeness (QED) is 0.470. The fourth-order valence-electron chi connectivity index (χ4n) is 2.81. The van der Waals surface area contributed by atoms with Crippen LogP contribution in [0.3, 0.4) is 0 Å². The first-order chi connectivity index (χ1) is 14.3. The van der Waals surface area contributed by atoms with E-state index in [-0.39, 0.29) is 10.8 Å². The van der Waals surface area contributed by atoms with Crippen molar-refractivity contribution in [2.45, 2.75) is 29.6 Å². The molecule has 2 N–H and O–H groups in total. The number of benzene rings is 3. The van der Waals surface area contributed by atoms with Crippen LogP contribution in [-0.4, -0.2) is 20.6 Å². The largest absolute Gasteiger partial charge is 0.322 e. The number of carbonyl (C=O) groups excluding carboxylic acids is 1. The number of carbonyl (C=O) groups is 1. The summed E-state index contributed by atoms with van der Waals surface area (Å²) >= 11 is 1.55. The maximum absolute atomic E-state index is 12.5. The molecule has 1 amide bonds. The van der Waals surface area contributed by atoms with Gasteiger partial charge < -0.3 is 5.32 Å². The third kappa shape index (κ3) is 5.43. The zero-order valence-electron chi connectivity index (χ0n) is 17.0. The van der Waals surface area contributed by atoms with E-state index < -0.39 is 10.0 Å². The van der Waals surface area contributed by atoms with Crippen molar-refractivity contribution in [2.24, 2.45) is 0 Å². The van der Waals surface area contributed by atoms with Crippen molar-refractivity contribution in [3.63, 3.8) is 0 Å². The summed E-state index contributed by atoms with van der Waals surface area (Å²) < 4.78 is 27.6. The predicted octanol–water partition coefficient (Wildman–Crippen LogP) is 5.59. The molecular weight excluding hydrogens is 416 g/mol. The van der Waals surface area contributed by atoms with Gasteiger partial charge in [0.25, 0.3) is 15.9 Å². The minimum Gasteiger partial charge on any atom is -0.322 e. The van der Waals surface area contributed by atoms with Gasteiger partial charge in [-0.2, -0.15) is 0 Å². The molecule has 30 heavy (non-hydrogen) atoms. The van der Waals surface area contributed by atoms with Gasteiger partial charge in [0.15, 0.2) is 0 Å². The van der Waals surface area contributed by atoms with Gasteiger partial charge in [-0.05, 0) is 78.4 Å². The lowest BCUT2D eigenvalue weighted by Crippen LogP contribution is -2.14. The van der Waals surface area contributed by atoms with Gasteiger partial charge in [-0.3, -0.25) is 9.52 Å². The molecule has 0 spiro atoms. The van der Waals surface area contributed by atoms with Gasteiger partial charge in [-0.1, -0.05) is 26.0 Å². The van der Waals surface area contributed by atoms with E-state index in [9.17, 15) is 13.2 Å². The molecule has 0 aliphatic carbocycles. The first-order valence-corrected chi connectivity index (χ1v) is 12.2. The number of amides is 1. The minimum absolute atomic E-state index is 0.187. The zero-order valence-corrected chi connectivity index (χ0v) is 18.7. The standard InChI is InChI=1S/C23H24N2O3S2/c1-16(2)17-4-8-19(9-5-17)24-23(26)18-6-10-20(11-7-18)25-30(27,28)22-14-12-21(29-3)13-15-22/h4-16,25H,1-3H3,(H,24,26). The van der Waals surface area contributed by atoms with Gasteiger partial charge in [0.05, 0.1) is 4.90 Å². The van der Waals surface area contributed by atoms with Crippen LogP contribution in [-0.2, 0) is 10.0 Å². The molecule has 156 valence electrons. The molecule has 3 aromatic carbocycles. The number of anilines is 2. The molecule has 0 unspecified atom stereocenters. The van der Waals surface area contributed by atoms with E-state index in [0.29, 0.717) is 22.9 Å². The highest BCUT2D eigenvalue weighted by Gasteiger charge is 2.14. The maximum atomic E-state index is 12.5. The topological polar surface area (TPSA) is 75.3 Å². The number of hydrogen-bond donors (Lipinski definition) is 2. The molecule has 7 heteroatoms. The fraction of sp³-hybridized carbons (Fsp3) is 0.174. The zero-order chi connectivity index (χ0) is 21.7. The lowest BCUT2D eigenvalue weighted by Gasteiger charge is -2.10. The molecule has 0 fully saturated rings. The Labute approximate surface area is 182 Å². The second-order valence-electron chi connectivity index (χ2n) is 7.09. The summed E-state index contributed by atoms with van der Waals surface area (Å²) in [6.07, 6.45) is 1.93. The Hall–Kier alpha value is -2.77. The van der Waals surface area contributed by atoms with Crippen molar-refractivity contribution in [3.8, 4) is 0 Å². The third-order valence-corrected chi connectivity index (χ3v) is 6.75. The summed E-state index contributed by atoms with van der Waals surface area (Å²) in [5.74, 6) is 0.170. The van der Waals surface area contributed by atoms with Crippen molar-refractivity contribution in [2.75, 3.05) is 16.3 Å². The minimum atomic E-state index is -3.69. The number of sulfonamides is 1. The van der Waals surface area contributed by atoms with Gasteiger partial charge in [-0.25, -0.2) is 8.42 Å². The molecule has 5 nitrogen and oxygen atoms in total. The molecule has 0 bridgehead atoms. The Kier molecular flexibility index (Phi) is 6.84. The molecule has 0 heterocycles. The second kappa shape index (κ2) is 9.36. The summed E-state index contributed by atoms with van der Waals surface area (Å²) in [7, 11) is -3.69. The van der Waals surface area contributed by atoms with Crippen molar-refractivity contribution in [1.82, 2.24) is 0 Å². The predicted molar refractivity (Wildman–Crippen MR) is 124 cm³/mol. The van der Waals surface area contributed by atoms with E-state index in [2.05, 4.69) is 23.9 Å². The molecule has 3 aromatic rings. The van der Waals surface area contributed by atoms with Crippen LogP contribution in [0.4, 0.5) is 11.4 Å². The third-order valence-electron chi connectivity index (χ3n) is 4.60. The van der Waals surface area contributed by atoms with Crippen molar-refractivity contribution < 1.29 is 13.2 Å². The Morgan fingerprint density at radius 1 is 0.833 bits per heavy atom. The second-order valence-corrected chi connectivity index (χ2v) is 9.65. The normalized spacial score (nSPS) is 11.3. The maximum Gasteiger partial charge on any atom is 0.261 e. The highest BCUT2D eigenvalue weighted by Crippen LogP contribution is 2.21. The Morgan fingerprint density at radius 3 is 1.93 bits per heavy atom. The van der Waals surface area contributed by atoms with Crippen molar-refractivity contribution in [1.29, 1.82) is 0 Å². The van der Waals surface area contributed by atoms with Gasteiger partial charge in [0.2, 0.25) is 0 Å². The molecule has 0 saturated heterocycles. The molecular formula is C23H24N2O3S2. The van der Waals surface area contributed by atoms with E-state index in [4.69, 9.17) is 0 Å². The van der Waals surface area contributed by atoms with Gasteiger partial charge in [0.1, 0.15) is 0 Å². The summed E-state index contributed by atoms with van der Waals surface area (Å²) in [5, 5.41) is 2.85. The average molecular weight is 441 g/mol. The highest BCUT2D eigenvalue weighted by molar-refractivity contribution is 7.98. The summed E-state index contributed by atoms with van der Waals surface area (Å²) in [4.78, 5) is 13.6. The van der Waals surface area contributed by atoms with Crippen LogP contribution in [0.1, 0.15) is 35.7 Å². The van der Waals surface area contributed by atoms with Gasteiger partial charge >= 0.3 is 0 Å². The van der Waals surface area contributed by atoms with Gasteiger partial charge in [0, 0.05) is 21.8 Å². The van der Waals surface area contributed by atoms with E-state index in [1.54, 1.807) is 60.3 Å². The number of thioether (sulfide) groups is 1. The molecule has 0 aromatic heterocycles. The lowest BCUT2D eigenvalue weighted by molar-refractivity contribution is 0.102. The van der Waals surface area contributed by atoms with E-state index >= 15 is 0 Å². The summed E-state index contributed by atoms with van der Waals surface area (Å²) in [6, 6.07) is 20.7. The van der Waals surface area contributed by atoms with Crippen molar-refractivity contribution in [3.05, 3.63) is 83.9 Å².